The lowest BCUT2D eigenvalue weighted by atomic mass is 10.0. The van der Waals surface area contributed by atoms with Crippen molar-refractivity contribution in [2.45, 2.75) is 50.8 Å². The molecule has 6 heteroatoms. The zero-order chi connectivity index (χ0) is 21.4. The molecule has 0 fully saturated rings. The van der Waals surface area contributed by atoms with E-state index in [2.05, 4.69) is 5.32 Å². The van der Waals surface area contributed by atoms with Crippen molar-refractivity contribution in [3.8, 4) is 5.75 Å². The van der Waals surface area contributed by atoms with Gasteiger partial charge in [0.05, 0.1) is 18.4 Å². The lowest BCUT2D eigenvalue weighted by Crippen LogP contribution is -2.38. The maximum atomic E-state index is 12.5. The van der Waals surface area contributed by atoms with E-state index in [0.29, 0.717) is 6.42 Å². The van der Waals surface area contributed by atoms with E-state index < -0.39 is 21.1 Å². The van der Waals surface area contributed by atoms with Gasteiger partial charge >= 0.3 is 0 Å². The van der Waals surface area contributed by atoms with Gasteiger partial charge in [-0.05, 0) is 56.4 Å². The van der Waals surface area contributed by atoms with E-state index in [1.165, 1.54) is 11.8 Å². The number of rotatable bonds is 10. The van der Waals surface area contributed by atoms with Gasteiger partial charge in [-0.25, -0.2) is 8.42 Å². The second-order valence-electron chi connectivity index (χ2n) is 7.55. The Hall–Kier alpha value is -2.34. The van der Waals surface area contributed by atoms with E-state index in [1.807, 2.05) is 55.5 Å². The molecule has 2 aromatic carbocycles. The summed E-state index contributed by atoms with van der Waals surface area (Å²) in [6.45, 7) is 3.62. The van der Waals surface area contributed by atoms with Crippen molar-refractivity contribution in [1.82, 2.24) is 5.32 Å². The van der Waals surface area contributed by atoms with Crippen LogP contribution in [0.15, 0.2) is 48.5 Å². The topological polar surface area (TPSA) is 72.5 Å². The van der Waals surface area contributed by atoms with Crippen molar-refractivity contribution in [3.05, 3.63) is 65.2 Å². The van der Waals surface area contributed by atoms with Crippen LogP contribution in [0.1, 0.15) is 48.9 Å². The quantitative estimate of drug-likeness (QED) is 0.593. The van der Waals surface area contributed by atoms with Crippen LogP contribution in [0.4, 0.5) is 0 Å². The first-order valence-electron chi connectivity index (χ1n) is 9.88. The minimum absolute atomic E-state index is 0.124. The van der Waals surface area contributed by atoms with Gasteiger partial charge in [0.1, 0.15) is 5.75 Å². The van der Waals surface area contributed by atoms with Gasteiger partial charge in [-0.3, -0.25) is 4.79 Å². The smallest absolute Gasteiger partial charge is 0.220 e. The van der Waals surface area contributed by atoms with Crippen LogP contribution < -0.4 is 10.1 Å². The van der Waals surface area contributed by atoms with Gasteiger partial charge in [-0.1, -0.05) is 42.0 Å². The molecule has 0 heterocycles. The highest BCUT2D eigenvalue weighted by Gasteiger charge is 2.28. The highest BCUT2D eigenvalue weighted by Crippen LogP contribution is 2.23. The molecule has 2 rings (SSSR count). The number of nitrogens with one attached hydrogen (secondary N) is 1. The van der Waals surface area contributed by atoms with E-state index in [-0.39, 0.29) is 5.91 Å². The second-order valence-corrected chi connectivity index (χ2v) is 9.95. The predicted molar refractivity (Wildman–Crippen MR) is 117 cm³/mol. The summed E-state index contributed by atoms with van der Waals surface area (Å²) < 4.78 is 29.3. The van der Waals surface area contributed by atoms with Crippen LogP contribution in [0, 0.1) is 6.92 Å². The summed E-state index contributed by atoms with van der Waals surface area (Å²) in [5.74, 6) is 0.705. The number of carbonyl (C=O) groups excluding carboxylic acids is 1. The molecule has 1 amide bonds. The number of hydrogen-bond acceptors (Lipinski definition) is 4. The molecule has 29 heavy (non-hydrogen) atoms. The third-order valence-corrected chi connectivity index (χ3v) is 6.80. The van der Waals surface area contributed by atoms with Gasteiger partial charge in [0.15, 0.2) is 9.84 Å². The van der Waals surface area contributed by atoms with Gasteiger partial charge in [0.2, 0.25) is 5.91 Å². The standard InChI is InChI=1S/C23H31NO4S/c1-17-9-13-20(14-10-17)23(18(2)29(4,26)27)24-22(25)8-6-5-7-19-11-15-21(28-3)16-12-19/h9-16,18,23H,5-8H2,1-4H3,(H,24,25)/t18-,23-/m1/s1. The maximum Gasteiger partial charge on any atom is 0.220 e. The normalized spacial score (nSPS) is 13.5. The zero-order valence-electron chi connectivity index (χ0n) is 17.6. The molecule has 0 spiro atoms. The Morgan fingerprint density at radius 2 is 1.66 bits per heavy atom. The number of aryl methyl sites for hydroxylation is 2. The maximum absolute atomic E-state index is 12.5. The van der Waals surface area contributed by atoms with Crippen molar-refractivity contribution in [2.24, 2.45) is 0 Å². The largest absolute Gasteiger partial charge is 0.497 e. The highest BCUT2D eigenvalue weighted by atomic mass is 32.2. The summed E-state index contributed by atoms with van der Waals surface area (Å²) in [6, 6.07) is 15.0. The molecule has 0 unspecified atom stereocenters. The summed E-state index contributed by atoms with van der Waals surface area (Å²) in [6.07, 6.45) is 4.09. The molecule has 0 saturated carbocycles. The minimum Gasteiger partial charge on any atom is -0.497 e. The lowest BCUT2D eigenvalue weighted by molar-refractivity contribution is -0.122. The second kappa shape index (κ2) is 10.4. The van der Waals surface area contributed by atoms with Crippen molar-refractivity contribution in [3.63, 3.8) is 0 Å². The molecule has 1 N–H and O–H groups in total. The Morgan fingerprint density at radius 3 is 2.21 bits per heavy atom. The molecule has 0 saturated heterocycles. The number of unbranched alkanes of at least 4 members (excludes halogenated alkanes) is 1. The summed E-state index contributed by atoms with van der Waals surface area (Å²) in [5.41, 5.74) is 3.10. The van der Waals surface area contributed by atoms with E-state index >= 15 is 0 Å². The molecule has 0 aromatic heterocycles. The van der Waals surface area contributed by atoms with Crippen molar-refractivity contribution >= 4 is 15.7 Å². The third kappa shape index (κ3) is 7.20. The molecule has 0 aliphatic rings. The van der Waals surface area contributed by atoms with Gasteiger partial charge in [0.25, 0.3) is 0 Å². The Bertz CT molecular complexity index is 889. The summed E-state index contributed by atoms with van der Waals surface area (Å²) in [7, 11) is -1.66. The number of amides is 1. The molecule has 2 atom stereocenters. The van der Waals surface area contributed by atoms with E-state index in [1.54, 1.807) is 14.0 Å². The van der Waals surface area contributed by atoms with Crippen LogP contribution in [0.5, 0.6) is 5.75 Å². The Balaban J connectivity index is 1.92. The fourth-order valence-corrected chi connectivity index (χ4v) is 3.86. The van der Waals surface area contributed by atoms with Crippen LogP contribution in [-0.4, -0.2) is 32.9 Å². The number of carbonyl (C=O) groups is 1. The molecule has 0 aliphatic heterocycles. The van der Waals surface area contributed by atoms with Crippen LogP contribution in [0.3, 0.4) is 0 Å². The monoisotopic (exact) mass is 417 g/mol. The number of hydrogen-bond donors (Lipinski definition) is 1. The van der Waals surface area contributed by atoms with Crippen LogP contribution in [0.25, 0.3) is 0 Å². The average Bonchev–Trinajstić information content (AvgIpc) is 2.69. The molecular formula is C23H31NO4S. The minimum atomic E-state index is -3.30. The Labute approximate surface area is 174 Å². The van der Waals surface area contributed by atoms with Gasteiger partial charge in [-0.2, -0.15) is 0 Å². The van der Waals surface area contributed by atoms with E-state index in [4.69, 9.17) is 4.74 Å². The fourth-order valence-electron chi connectivity index (χ4n) is 3.15. The first-order valence-corrected chi connectivity index (χ1v) is 11.8. The van der Waals surface area contributed by atoms with E-state index in [0.717, 1.165) is 36.1 Å². The number of sulfone groups is 1. The summed E-state index contributed by atoms with van der Waals surface area (Å²) in [5, 5.41) is 2.24. The predicted octanol–water partition coefficient (Wildman–Crippen LogP) is 4.01. The highest BCUT2D eigenvalue weighted by molar-refractivity contribution is 7.91. The number of methoxy groups -OCH3 is 1. The average molecular weight is 418 g/mol. The molecular weight excluding hydrogens is 386 g/mol. The van der Waals surface area contributed by atoms with Crippen molar-refractivity contribution < 1.29 is 17.9 Å². The molecule has 5 nitrogen and oxygen atoms in total. The molecule has 158 valence electrons. The van der Waals surface area contributed by atoms with Crippen LogP contribution >= 0.6 is 0 Å². The molecule has 0 radical (unpaired) electrons. The number of ether oxygens (including phenoxy) is 1. The fraction of sp³-hybridized carbons (Fsp3) is 0.435. The summed E-state index contributed by atoms with van der Waals surface area (Å²) >= 11 is 0. The van der Waals surface area contributed by atoms with Crippen LogP contribution in [0.2, 0.25) is 0 Å². The Morgan fingerprint density at radius 1 is 1.03 bits per heavy atom. The first kappa shape index (κ1) is 22.9. The van der Waals surface area contributed by atoms with Gasteiger partial charge < -0.3 is 10.1 Å². The number of benzene rings is 2. The molecule has 2 aromatic rings. The van der Waals surface area contributed by atoms with Crippen molar-refractivity contribution in [2.75, 3.05) is 13.4 Å². The van der Waals surface area contributed by atoms with Gasteiger partial charge in [-0.15, -0.1) is 0 Å². The van der Waals surface area contributed by atoms with Gasteiger partial charge in [0, 0.05) is 12.7 Å². The van der Waals surface area contributed by atoms with E-state index in [9.17, 15) is 13.2 Å². The molecule has 0 aliphatic carbocycles. The first-order chi connectivity index (χ1) is 13.7. The van der Waals surface area contributed by atoms with Crippen LogP contribution in [-0.2, 0) is 21.1 Å². The molecule has 0 bridgehead atoms. The lowest BCUT2D eigenvalue weighted by Gasteiger charge is -2.24. The summed E-state index contributed by atoms with van der Waals surface area (Å²) in [4.78, 5) is 12.5. The zero-order valence-corrected chi connectivity index (χ0v) is 18.5. The Kier molecular flexibility index (Phi) is 8.26. The van der Waals surface area contributed by atoms with Crippen molar-refractivity contribution in [1.29, 1.82) is 0 Å². The SMILES string of the molecule is COc1ccc(CCCCC(=O)N[C@@H](c2ccc(C)cc2)[C@@H](C)S(C)(=O)=O)cc1. The third-order valence-electron chi connectivity index (χ3n) is 5.18.